The lowest BCUT2D eigenvalue weighted by molar-refractivity contribution is 0.318. The summed E-state index contributed by atoms with van der Waals surface area (Å²) in [5, 5.41) is 0. The number of H-pyrrole nitrogens is 1. The summed E-state index contributed by atoms with van der Waals surface area (Å²) in [6.07, 6.45) is 6.65. The summed E-state index contributed by atoms with van der Waals surface area (Å²) in [5.41, 5.74) is 1.05. The van der Waals surface area contributed by atoms with Crippen LogP contribution in [0.2, 0.25) is 0 Å². The maximum Gasteiger partial charge on any atom is 0.132 e. The third-order valence-corrected chi connectivity index (χ3v) is 3.38. The lowest BCUT2D eigenvalue weighted by Gasteiger charge is -2.13. The van der Waals surface area contributed by atoms with E-state index in [9.17, 15) is 0 Å². The van der Waals surface area contributed by atoms with Gasteiger partial charge in [-0.25, -0.2) is 15.0 Å². The number of aromatic nitrogens is 4. The summed E-state index contributed by atoms with van der Waals surface area (Å²) < 4.78 is 0. The van der Waals surface area contributed by atoms with Crippen LogP contribution in [0.5, 0.6) is 0 Å². The lowest BCUT2D eigenvalue weighted by Crippen LogP contribution is -2.20. The molecule has 0 spiro atoms. The summed E-state index contributed by atoms with van der Waals surface area (Å²) in [5.74, 6) is 2.47. The molecule has 0 aliphatic carbocycles. The molecule has 1 aliphatic rings. The van der Waals surface area contributed by atoms with E-state index < -0.39 is 0 Å². The van der Waals surface area contributed by atoms with Crippen LogP contribution in [0.4, 0.5) is 0 Å². The molecule has 1 N–H and O–H groups in total. The van der Waals surface area contributed by atoms with Gasteiger partial charge in [-0.3, -0.25) is 4.90 Å². The summed E-state index contributed by atoms with van der Waals surface area (Å²) in [6.45, 7) is 5.00. The van der Waals surface area contributed by atoms with E-state index in [0.717, 1.165) is 43.4 Å². The molecule has 0 aromatic carbocycles. The molecule has 5 nitrogen and oxygen atoms in total. The summed E-state index contributed by atoms with van der Waals surface area (Å²) in [6, 6.07) is 1.94. The van der Waals surface area contributed by atoms with Crippen LogP contribution in [0.1, 0.15) is 29.7 Å². The van der Waals surface area contributed by atoms with Crippen LogP contribution in [0.15, 0.2) is 24.7 Å². The van der Waals surface area contributed by atoms with E-state index in [4.69, 9.17) is 0 Å². The number of hydrogen-bond donors (Lipinski definition) is 1. The highest BCUT2D eigenvalue weighted by atomic mass is 15.2. The van der Waals surface area contributed by atoms with Crippen LogP contribution >= 0.6 is 0 Å². The summed E-state index contributed by atoms with van der Waals surface area (Å²) in [4.78, 5) is 18.7. The molecule has 1 unspecified atom stereocenters. The standard InChI is InChI=1S/C13H17N5/c1-10-2-4-16-13(17-10)11-3-7-18(8-11)9-12-14-5-6-15-12/h2,4-6,11H,3,7-9H2,1H3,(H,14,15). The Kier molecular flexibility index (Phi) is 3.06. The zero-order chi connectivity index (χ0) is 12.4. The highest BCUT2D eigenvalue weighted by Gasteiger charge is 2.26. The van der Waals surface area contributed by atoms with Crippen molar-refractivity contribution < 1.29 is 0 Å². The van der Waals surface area contributed by atoms with Gasteiger partial charge in [-0.1, -0.05) is 0 Å². The first kappa shape index (κ1) is 11.3. The molecule has 1 aliphatic heterocycles. The fourth-order valence-corrected chi connectivity index (χ4v) is 2.45. The highest BCUT2D eigenvalue weighted by molar-refractivity contribution is 5.06. The number of hydrogen-bond acceptors (Lipinski definition) is 4. The van der Waals surface area contributed by atoms with Crippen molar-refractivity contribution in [2.75, 3.05) is 13.1 Å². The van der Waals surface area contributed by atoms with Gasteiger partial charge < -0.3 is 4.98 Å². The number of nitrogens with one attached hydrogen (secondary N) is 1. The predicted molar refractivity (Wildman–Crippen MR) is 68.0 cm³/mol. The van der Waals surface area contributed by atoms with Gasteiger partial charge in [-0.2, -0.15) is 0 Å². The molecule has 0 amide bonds. The second-order valence-corrected chi connectivity index (χ2v) is 4.81. The van der Waals surface area contributed by atoms with Gasteiger partial charge in [0.2, 0.25) is 0 Å². The number of likely N-dealkylation sites (tertiary alicyclic amines) is 1. The van der Waals surface area contributed by atoms with Crippen LogP contribution in [0.25, 0.3) is 0 Å². The zero-order valence-corrected chi connectivity index (χ0v) is 10.5. The van der Waals surface area contributed by atoms with Crippen molar-refractivity contribution in [3.63, 3.8) is 0 Å². The topological polar surface area (TPSA) is 57.7 Å². The van der Waals surface area contributed by atoms with Crippen LogP contribution in [0.3, 0.4) is 0 Å². The fourth-order valence-electron chi connectivity index (χ4n) is 2.45. The second kappa shape index (κ2) is 4.86. The van der Waals surface area contributed by atoms with E-state index >= 15 is 0 Å². The maximum absolute atomic E-state index is 4.53. The molecule has 2 aromatic rings. The molecule has 0 bridgehead atoms. The first-order chi connectivity index (χ1) is 8.81. The van der Waals surface area contributed by atoms with E-state index in [0.29, 0.717) is 5.92 Å². The van der Waals surface area contributed by atoms with Gasteiger partial charge in [0.05, 0.1) is 6.54 Å². The lowest BCUT2D eigenvalue weighted by atomic mass is 10.1. The zero-order valence-electron chi connectivity index (χ0n) is 10.5. The third-order valence-electron chi connectivity index (χ3n) is 3.38. The molecule has 0 radical (unpaired) electrons. The number of imidazole rings is 1. The first-order valence-corrected chi connectivity index (χ1v) is 6.31. The van der Waals surface area contributed by atoms with Gasteiger partial charge in [0.25, 0.3) is 0 Å². The Morgan fingerprint density at radius 2 is 2.33 bits per heavy atom. The SMILES string of the molecule is Cc1ccnc(C2CCN(Cc3ncc[nH]3)C2)n1. The minimum atomic E-state index is 0.458. The molecular formula is C13H17N5. The molecule has 3 rings (SSSR count). The number of aryl methyl sites for hydroxylation is 1. The van der Waals surface area contributed by atoms with E-state index in [1.54, 1.807) is 6.20 Å². The van der Waals surface area contributed by atoms with Crippen LogP contribution in [-0.2, 0) is 6.54 Å². The van der Waals surface area contributed by atoms with Crippen LogP contribution in [0, 0.1) is 6.92 Å². The largest absolute Gasteiger partial charge is 0.348 e. The minimum absolute atomic E-state index is 0.458. The molecule has 1 atom stereocenters. The van der Waals surface area contributed by atoms with Crippen molar-refractivity contribution in [3.05, 3.63) is 42.0 Å². The molecule has 1 saturated heterocycles. The summed E-state index contributed by atoms with van der Waals surface area (Å²) >= 11 is 0. The van der Waals surface area contributed by atoms with E-state index in [1.807, 2.05) is 25.4 Å². The minimum Gasteiger partial charge on any atom is -0.348 e. The molecule has 2 aromatic heterocycles. The quantitative estimate of drug-likeness (QED) is 0.887. The Balaban J connectivity index is 1.65. The van der Waals surface area contributed by atoms with Gasteiger partial charge in [0, 0.05) is 36.7 Å². The smallest absolute Gasteiger partial charge is 0.132 e. The van der Waals surface area contributed by atoms with E-state index in [-0.39, 0.29) is 0 Å². The van der Waals surface area contributed by atoms with Gasteiger partial charge in [0.15, 0.2) is 0 Å². The number of aromatic amines is 1. The molecule has 5 heteroatoms. The number of rotatable bonds is 3. The van der Waals surface area contributed by atoms with Crippen molar-refractivity contribution >= 4 is 0 Å². The maximum atomic E-state index is 4.53. The van der Waals surface area contributed by atoms with Crippen LogP contribution in [-0.4, -0.2) is 37.9 Å². The predicted octanol–water partition coefficient (Wildman–Crippen LogP) is 1.50. The first-order valence-electron chi connectivity index (χ1n) is 6.31. The van der Waals surface area contributed by atoms with Gasteiger partial charge in [-0.15, -0.1) is 0 Å². The Morgan fingerprint density at radius 3 is 3.11 bits per heavy atom. The summed E-state index contributed by atoms with van der Waals surface area (Å²) in [7, 11) is 0. The average Bonchev–Trinajstić information content (AvgIpc) is 3.01. The van der Waals surface area contributed by atoms with Gasteiger partial charge in [0.1, 0.15) is 11.6 Å². The van der Waals surface area contributed by atoms with Gasteiger partial charge in [-0.05, 0) is 26.0 Å². The molecule has 18 heavy (non-hydrogen) atoms. The number of nitrogens with zero attached hydrogens (tertiary/aromatic N) is 4. The highest BCUT2D eigenvalue weighted by Crippen LogP contribution is 2.25. The molecule has 94 valence electrons. The van der Waals surface area contributed by atoms with Crippen LogP contribution < -0.4 is 0 Å². The van der Waals surface area contributed by atoms with E-state index in [1.165, 1.54) is 0 Å². The molecule has 3 heterocycles. The molecule has 0 saturated carbocycles. The van der Waals surface area contributed by atoms with Crippen molar-refractivity contribution in [2.24, 2.45) is 0 Å². The van der Waals surface area contributed by atoms with Gasteiger partial charge >= 0.3 is 0 Å². The Hall–Kier alpha value is -1.75. The fraction of sp³-hybridized carbons (Fsp3) is 0.462. The van der Waals surface area contributed by atoms with E-state index in [2.05, 4.69) is 24.8 Å². The Bertz CT molecular complexity index is 508. The van der Waals surface area contributed by atoms with Crippen molar-refractivity contribution in [2.45, 2.75) is 25.8 Å². The van der Waals surface area contributed by atoms with Crippen molar-refractivity contribution in [1.82, 2.24) is 24.8 Å². The van der Waals surface area contributed by atoms with Crippen molar-refractivity contribution in [1.29, 1.82) is 0 Å². The average molecular weight is 243 g/mol. The Labute approximate surface area is 106 Å². The normalized spacial score (nSPS) is 20.4. The molecule has 1 fully saturated rings. The third kappa shape index (κ3) is 2.41. The van der Waals surface area contributed by atoms with Crippen molar-refractivity contribution in [3.8, 4) is 0 Å². The molecular weight excluding hydrogens is 226 g/mol. The second-order valence-electron chi connectivity index (χ2n) is 4.81. The monoisotopic (exact) mass is 243 g/mol. The Morgan fingerprint density at radius 1 is 1.39 bits per heavy atom.